The van der Waals surface area contributed by atoms with Crippen LogP contribution in [0.25, 0.3) is 0 Å². The minimum Gasteiger partial charge on any atom is -0.481 e. The molecule has 0 unspecified atom stereocenters. The summed E-state index contributed by atoms with van der Waals surface area (Å²) >= 11 is 0. The van der Waals surface area contributed by atoms with Crippen molar-refractivity contribution in [2.45, 2.75) is 52.1 Å². The number of amides is 3. The Bertz CT molecular complexity index is 556. The average Bonchev–Trinajstić information content (AvgIpc) is 2.48. The second-order valence-electron chi connectivity index (χ2n) is 6.63. The molecule has 11 nitrogen and oxygen atoms in total. The number of rotatable bonds is 10. The van der Waals surface area contributed by atoms with Crippen molar-refractivity contribution in [1.29, 1.82) is 0 Å². The van der Waals surface area contributed by atoms with Gasteiger partial charge in [-0.15, -0.1) is 0 Å². The Hall–Kier alpha value is -2.85. The van der Waals surface area contributed by atoms with Crippen molar-refractivity contribution in [3.63, 3.8) is 0 Å². The van der Waals surface area contributed by atoms with Gasteiger partial charge >= 0.3 is 23.9 Å². The van der Waals surface area contributed by atoms with Gasteiger partial charge in [0.1, 0.15) is 12.1 Å². The number of nitrogens with one attached hydrogen (secondary N) is 3. The predicted octanol–water partition coefficient (Wildman–Crippen LogP) is -0.391. The minimum absolute atomic E-state index is 0.00523. The molecule has 0 bridgehead atoms. The van der Waals surface area contributed by atoms with E-state index in [0.717, 1.165) is 0 Å². The number of carbonyl (C=O) groups excluding carboxylic acids is 2. The zero-order valence-corrected chi connectivity index (χ0v) is 14.9. The van der Waals surface area contributed by atoms with Gasteiger partial charge in [-0.1, -0.05) is 20.8 Å². The largest absolute Gasteiger partial charge is 0.481 e. The average molecular weight is 375 g/mol. The number of carboxylic acids is 3. The second-order valence-corrected chi connectivity index (χ2v) is 6.63. The third-order valence-electron chi connectivity index (χ3n) is 3.25. The Morgan fingerprint density at radius 2 is 1.31 bits per heavy atom. The molecule has 0 saturated heterocycles. The van der Waals surface area contributed by atoms with E-state index in [0.29, 0.717) is 0 Å². The topological polar surface area (TPSA) is 182 Å². The van der Waals surface area contributed by atoms with Gasteiger partial charge < -0.3 is 31.3 Å². The summed E-state index contributed by atoms with van der Waals surface area (Å²) in [6.07, 6.45) is -0.937. The molecule has 0 aliphatic heterocycles. The van der Waals surface area contributed by atoms with Crippen molar-refractivity contribution in [1.82, 2.24) is 16.0 Å². The lowest BCUT2D eigenvalue weighted by Crippen LogP contribution is -2.52. The smallest absolute Gasteiger partial charge is 0.326 e. The normalized spacial score (nSPS) is 13.2. The maximum atomic E-state index is 11.8. The fraction of sp³-hybridized carbons (Fsp3) is 0.667. The summed E-state index contributed by atoms with van der Waals surface area (Å²) in [6, 6.07) is -3.89. The zero-order valence-electron chi connectivity index (χ0n) is 14.9. The van der Waals surface area contributed by atoms with Gasteiger partial charge in [-0.05, 0) is 12.8 Å². The summed E-state index contributed by atoms with van der Waals surface area (Å²) < 4.78 is 0. The zero-order chi connectivity index (χ0) is 20.5. The highest BCUT2D eigenvalue weighted by atomic mass is 16.4. The molecule has 0 fully saturated rings. The Kier molecular flexibility index (Phi) is 9.09. The molecule has 0 spiro atoms. The van der Waals surface area contributed by atoms with E-state index in [1.807, 2.05) is 5.32 Å². The minimum atomic E-state index is -1.47. The number of carbonyl (C=O) groups is 5. The van der Waals surface area contributed by atoms with Crippen LogP contribution in [0.15, 0.2) is 0 Å². The molecule has 0 aromatic carbocycles. The van der Waals surface area contributed by atoms with Crippen LogP contribution in [0.2, 0.25) is 0 Å². The molecule has 0 aromatic heterocycles. The molecule has 11 heteroatoms. The van der Waals surface area contributed by atoms with Crippen molar-refractivity contribution < 1.29 is 39.3 Å². The lowest BCUT2D eigenvalue weighted by atomic mass is 9.95. The molecule has 0 aliphatic carbocycles. The standard InChI is InChI=1S/C15H25N3O8/c1-15(2,3)13(25)16-7-6-9(12(23)24)18-14(26)17-8(11(21)22)4-5-10(19)20/h8-9H,4-7H2,1-3H3,(H,16,25)(H,19,20)(H,21,22)(H,23,24)(H2,17,18,26)/t8-,9-/m0/s1. The van der Waals surface area contributed by atoms with Crippen molar-refractivity contribution in [3.05, 3.63) is 0 Å². The van der Waals surface area contributed by atoms with E-state index in [2.05, 4.69) is 10.6 Å². The molecule has 0 rings (SSSR count). The van der Waals surface area contributed by atoms with E-state index in [1.54, 1.807) is 20.8 Å². The summed E-state index contributed by atoms with van der Waals surface area (Å²) in [5.74, 6) is -4.31. The molecular weight excluding hydrogens is 350 g/mol. The first-order valence-electron chi connectivity index (χ1n) is 7.87. The van der Waals surface area contributed by atoms with E-state index in [9.17, 15) is 24.0 Å². The third kappa shape index (κ3) is 9.45. The van der Waals surface area contributed by atoms with Gasteiger partial charge in [-0.25, -0.2) is 14.4 Å². The van der Waals surface area contributed by atoms with Gasteiger partial charge in [-0.3, -0.25) is 9.59 Å². The quantitative estimate of drug-likeness (QED) is 0.298. The monoisotopic (exact) mass is 375 g/mol. The number of hydrogen-bond donors (Lipinski definition) is 6. The Balaban J connectivity index is 4.61. The number of carboxylic acid groups (broad SMARTS) is 3. The summed E-state index contributed by atoms with van der Waals surface area (Å²) in [6.45, 7) is 5.05. The Morgan fingerprint density at radius 3 is 1.69 bits per heavy atom. The van der Waals surface area contributed by atoms with Gasteiger partial charge in [0.15, 0.2) is 0 Å². The Labute approximate surface area is 150 Å². The highest BCUT2D eigenvalue weighted by Gasteiger charge is 2.26. The SMILES string of the molecule is CC(C)(C)C(=O)NCC[C@H](NC(=O)N[C@@H](CCC(=O)O)C(=O)O)C(=O)O. The van der Waals surface area contributed by atoms with Crippen LogP contribution in [0.3, 0.4) is 0 Å². The van der Waals surface area contributed by atoms with Gasteiger partial charge in [0, 0.05) is 18.4 Å². The summed E-state index contributed by atoms with van der Waals surface area (Å²) in [5, 5.41) is 33.3. The van der Waals surface area contributed by atoms with Crippen LogP contribution in [0, 0.1) is 5.41 Å². The lowest BCUT2D eigenvalue weighted by Gasteiger charge is -2.20. The molecule has 3 amide bonds. The van der Waals surface area contributed by atoms with Crippen LogP contribution in [-0.4, -0.2) is 63.8 Å². The van der Waals surface area contributed by atoms with Crippen LogP contribution in [0.4, 0.5) is 4.79 Å². The van der Waals surface area contributed by atoms with E-state index >= 15 is 0 Å². The first kappa shape index (κ1) is 23.1. The highest BCUT2D eigenvalue weighted by Crippen LogP contribution is 2.12. The van der Waals surface area contributed by atoms with E-state index in [-0.39, 0.29) is 25.3 Å². The fourth-order valence-corrected chi connectivity index (χ4v) is 1.74. The Morgan fingerprint density at radius 1 is 0.846 bits per heavy atom. The van der Waals surface area contributed by atoms with Gasteiger partial charge in [-0.2, -0.15) is 0 Å². The molecule has 2 atom stereocenters. The molecule has 0 saturated carbocycles. The molecule has 0 radical (unpaired) electrons. The van der Waals surface area contributed by atoms with Crippen LogP contribution >= 0.6 is 0 Å². The number of aliphatic carboxylic acids is 3. The van der Waals surface area contributed by atoms with Crippen LogP contribution in [-0.2, 0) is 19.2 Å². The first-order chi connectivity index (χ1) is 11.8. The van der Waals surface area contributed by atoms with Gasteiger partial charge in [0.2, 0.25) is 5.91 Å². The van der Waals surface area contributed by atoms with Gasteiger partial charge in [0.05, 0.1) is 0 Å². The van der Waals surface area contributed by atoms with Crippen LogP contribution in [0.5, 0.6) is 0 Å². The molecule has 0 aliphatic rings. The van der Waals surface area contributed by atoms with Gasteiger partial charge in [0.25, 0.3) is 0 Å². The first-order valence-corrected chi connectivity index (χ1v) is 7.87. The van der Waals surface area contributed by atoms with Crippen LogP contribution in [0.1, 0.15) is 40.0 Å². The summed E-state index contributed by atoms with van der Waals surface area (Å²) in [5.41, 5.74) is -0.650. The highest BCUT2D eigenvalue weighted by molar-refractivity contribution is 5.86. The lowest BCUT2D eigenvalue weighted by molar-refractivity contribution is -0.140. The predicted molar refractivity (Wildman–Crippen MR) is 88.5 cm³/mol. The van der Waals surface area contributed by atoms with E-state index in [4.69, 9.17) is 15.3 Å². The van der Waals surface area contributed by atoms with Crippen molar-refractivity contribution in [3.8, 4) is 0 Å². The summed E-state index contributed by atoms with van der Waals surface area (Å²) in [7, 11) is 0. The van der Waals surface area contributed by atoms with Crippen molar-refractivity contribution in [2.75, 3.05) is 6.54 Å². The molecular formula is C15H25N3O8. The number of hydrogen-bond acceptors (Lipinski definition) is 5. The third-order valence-corrected chi connectivity index (χ3v) is 3.25. The molecule has 148 valence electrons. The van der Waals surface area contributed by atoms with Crippen molar-refractivity contribution in [2.24, 2.45) is 5.41 Å². The van der Waals surface area contributed by atoms with E-state index in [1.165, 1.54) is 0 Å². The second kappa shape index (κ2) is 10.2. The number of urea groups is 1. The molecule has 6 N–H and O–H groups in total. The van der Waals surface area contributed by atoms with Crippen molar-refractivity contribution >= 4 is 29.8 Å². The molecule has 0 aromatic rings. The summed E-state index contributed by atoms with van der Waals surface area (Å²) in [4.78, 5) is 56.2. The maximum Gasteiger partial charge on any atom is 0.326 e. The van der Waals surface area contributed by atoms with Crippen LogP contribution < -0.4 is 16.0 Å². The van der Waals surface area contributed by atoms with E-state index < -0.39 is 47.9 Å². The fourth-order valence-electron chi connectivity index (χ4n) is 1.74. The maximum absolute atomic E-state index is 11.8. The molecule has 0 heterocycles. The molecule has 26 heavy (non-hydrogen) atoms.